The lowest BCUT2D eigenvalue weighted by Gasteiger charge is -2.15. The number of nitrogens with one attached hydrogen (secondary N) is 2. The number of aryl methyl sites for hydroxylation is 1. The molecule has 0 bridgehead atoms. The van der Waals surface area contributed by atoms with Gasteiger partial charge in [0.15, 0.2) is 6.61 Å². The highest BCUT2D eigenvalue weighted by Crippen LogP contribution is 2.20. The van der Waals surface area contributed by atoms with Gasteiger partial charge in [-0.15, -0.1) is 0 Å². The quantitative estimate of drug-likeness (QED) is 0.548. The SMILES string of the molecule is Cc1ccc(F)cc1NC(=O)COc1ccc(S(=O)(=O)NC(C)c2ccccc2)cc1. The predicted octanol–water partition coefficient (Wildman–Crippen LogP) is 4.19. The minimum absolute atomic E-state index is 0.0856. The average Bonchev–Trinajstić information content (AvgIpc) is 2.75. The first kappa shape index (κ1) is 22.5. The number of anilines is 1. The molecule has 8 heteroatoms. The van der Waals surface area contributed by atoms with Crippen LogP contribution in [0.3, 0.4) is 0 Å². The van der Waals surface area contributed by atoms with E-state index in [1.54, 1.807) is 19.9 Å². The second-order valence-electron chi connectivity index (χ2n) is 7.02. The predicted molar refractivity (Wildman–Crippen MR) is 117 cm³/mol. The summed E-state index contributed by atoms with van der Waals surface area (Å²) in [4.78, 5) is 12.2. The van der Waals surface area contributed by atoms with Crippen molar-refractivity contribution >= 4 is 21.6 Å². The number of rotatable bonds is 8. The van der Waals surface area contributed by atoms with Crippen LogP contribution in [0.2, 0.25) is 0 Å². The number of amides is 1. The van der Waals surface area contributed by atoms with E-state index in [0.29, 0.717) is 11.4 Å². The number of hydrogen-bond donors (Lipinski definition) is 2. The summed E-state index contributed by atoms with van der Waals surface area (Å²) < 4.78 is 46.6. The molecular formula is C23H23FN2O4S. The van der Waals surface area contributed by atoms with Gasteiger partial charge in [0.05, 0.1) is 4.90 Å². The zero-order valence-corrected chi connectivity index (χ0v) is 17.9. The molecule has 0 aliphatic carbocycles. The van der Waals surface area contributed by atoms with E-state index in [0.717, 1.165) is 11.1 Å². The van der Waals surface area contributed by atoms with Gasteiger partial charge in [-0.3, -0.25) is 4.79 Å². The van der Waals surface area contributed by atoms with E-state index in [9.17, 15) is 17.6 Å². The first-order valence-corrected chi connectivity index (χ1v) is 11.1. The molecule has 6 nitrogen and oxygen atoms in total. The van der Waals surface area contributed by atoms with E-state index in [2.05, 4.69) is 10.0 Å². The summed E-state index contributed by atoms with van der Waals surface area (Å²) in [7, 11) is -3.73. The monoisotopic (exact) mass is 442 g/mol. The van der Waals surface area contributed by atoms with Gasteiger partial charge in [0, 0.05) is 11.7 Å². The van der Waals surface area contributed by atoms with Gasteiger partial charge in [-0.1, -0.05) is 36.4 Å². The number of ether oxygens (including phenoxy) is 1. The van der Waals surface area contributed by atoms with Crippen LogP contribution in [0.4, 0.5) is 10.1 Å². The molecule has 3 rings (SSSR count). The molecule has 0 radical (unpaired) electrons. The standard InChI is InChI=1S/C23H23FN2O4S/c1-16-8-9-19(24)14-22(16)25-23(27)15-30-20-10-12-21(13-11-20)31(28,29)26-17(2)18-6-4-3-5-7-18/h3-14,17,26H,15H2,1-2H3,(H,25,27). The molecule has 3 aromatic rings. The van der Waals surface area contributed by atoms with E-state index in [1.807, 2.05) is 30.3 Å². The van der Waals surface area contributed by atoms with Gasteiger partial charge in [-0.05, 0) is 61.4 Å². The largest absolute Gasteiger partial charge is 0.484 e. The van der Waals surface area contributed by atoms with E-state index < -0.39 is 27.8 Å². The van der Waals surface area contributed by atoms with Gasteiger partial charge in [0.1, 0.15) is 11.6 Å². The number of carbonyl (C=O) groups excluding carboxylic acids is 1. The number of carbonyl (C=O) groups is 1. The van der Waals surface area contributed by atoms with Crippen LogP contribution >= 0.6 is 0 Å². The third-order valence-corrected chi connectivity index (χ3v) is 6.17. The molecular weight excluding hydrogens is 419 g/mol. The van der Waals surface area contributed by atoms with Crippen molar-refractivity contribution in [3.63, 3.8) is 0 Å². The molecule has 0 saturated carbocycles. The molecule has 3 aromatic carbocycles. The van der Waals surface area contributed by atoms with Crippen molar-refractivity contribution in [2.24, 2.45) is 0 Å². The van der Waals surface area contributed by atoms with Crippen LogP contribution in [0.15, 0.2) is 77.7 Å². The summed E-state index contributed by atoms with van der Waals surface area (Å²) >= 11 is 0. The van der Waals surface area contributed by atoms with Gasteiger partial charge >= 0.3 is 0 Å². The Bertz CT molecular complexity index is 1150. The van der Waals surface area contributed by atoms with Crippen LogP contribution in [0.25, 0.3) is 0 Å². The molecule has 1 amide bonds. The fourth-order valence-electron chi connectivity index (χ4n) is 2.89. The number of sulfonamides is 1. The van der Waals surface area contributed by atoms with Gasteiger partial charge in [0.25, 0.3) is 5.91 Å². The van der Waals surface area contributed by atoms with Gasteiger partial charge in [-0.25, -0.2) is 17.5 Å². The van der Waals surface area contributed by atoms with Crippen molar-refractivity contribution in [2.75, 3.05) is 11.9 Å². The van der Waals surface area contributed by atoms with E-state index in [4.69, 9.17) is 4.74 Å². The fourth-order valence-corrected chi connectivity index (χ4v) is 4.12. The second kappa shape index (κ2) is 9.72. The van der Waals surface area contributed by atoms with E-state index in [1.165, 1.54) is 36.4 Å². The van der Waals surface area contributed by atoms with Crippen molar-refractivity contribution in [1.29, 1.82) is 0 Å². The van der Waals surface area contributed by atoms with Crippen LogP contribution < -0.4 is 14.8 Å². The fraction of sp³-hybridized carbons (Fsp3) is 0.174. The lowest BCUT2D eigenvalue weighted by atomic mass is 10.1. The molecule has 0 aliphatic rings. The molecule has 0 aliphatic heterocycles. The van der Waals surface area contributed by atoms with Crippen molar-refractivity contribution in [1.82, 2.24) is 4.72 Å². The lowest BCUT2D eigenvalue weighted by Crippen LogP contribution is -2.26. The summed E-state index contributed by atoms with van der Waals surface area (Å²) in [5.41, 5.74) is 1.95. The Morgan fingerprint density at radius 3 is 2.39 bits per heavy atom. The van der Waals surface area contributed by atoms with Crippen LogP contribution in [0.1, 0.15) is 24.1 Å². The van der Waals surface area contributed by atoms with Crippen LogP contribution in [0.5, 0.6) is 5.75 Å². The highest BCUT2D eigenvalue weighted by atomic mass is 32.2. The van der Waals surface area contributed by atoms with Crippen LogP contribution in [0, 0.1) is 12.7 Å². The smallest absolute Gasteiger partial charge is 0.262 e. The molecule has 2 N–H and O–H groups in total. The highest BCUT2D eigenvalue weighted by Gasteiger charge is 2.18. The Morgan fingerprint density at radius 1 is 1.03 bits per heavy atom. The molecule has 162 valence electrons. The van der Waals surface area contributed by atoms with E-state index in [-0.39, 0.29) is 11.5 Å². The maximum Gasteiger partial charge on any atom is 0.262 e. The maximum absolute atomic E-state index is 13.3. The van der Waals surface area contributed by atoms with E-state index >= 15 is 0 Å². The van der Waals surface area contributed by atoms with Crippen molar-refractivity contribution in [3.8, 4) is 5.75 Å². The number of hydrogen-bond acceptors (Lipinski definition) is 4. The highest BCUT2D eigenvalue weighted by molar-refractivity contribution is 7.89. The summed E-state index contributed by atoms with van der Waals surface area (Å²) in [6.45, 7) is 3.22. The van der Waals surface area contributed by atoms with Crippen molar-refractivity contribution in [2.45, 2.75) is 24.8 Å². The van der Waals surface area contributed by atoms with Crippen LogP contribution in [-0.4, -0.2) is 20.9 Å². The Morgan fingerprint density at radius 2 is 1.71 bits per heavy atom. The lowest BCUT2D eigenvalue weighted by molar-refractivity contribution is -0.118. The molecule has 0 fully saturated rings. The second-order valence-corrected chi connectivity index (χ2v) is 8.74. The van der Waals surface area contributed by atoms with Gasteiger partial charge in [0.2, 0.25) is 10.0 Å². The summed E-state index contributed by atoms with van der Waals surface area (Å²) in [5.74, 6) is -0.571. The minimum Gasteiger partial charge on any atom is -0.484 e. The zero-order chi connectivity index (χ0) is 22.4. The Hall–Kier alpha value is -3.23. The molecule has 0 saturated heterocycles. The van der Waals surface area contributed by atoms with Gasteiger partial charge in [-0.2, -0.15) is 0 Å². The van der Waals surface area contributed by atoms with Crippen LogP contribution in [-0.2, 0) is 14.8 Å². The first-order chi connectivity index (χ1) is 14.7. The zero-order valence-electron chi connectivity index (χ0n) is 17.1. The summed E-state index contributed by atoms with van der Waals surface area (Å²) in [6, 6.07) is 18.7. The van der Waals surface area contributed by atoms with Crippen molar-refractivity contribution < 1.29 is 22.3 Å². The Kier molecular flexibility index (Phi) is 7.04. The number of benzene rings is 3. The topological polar surface area (TPSA) is 84.5 Å². The normalized spacial score (nSPS) is 12.2. The number of halogens is 1. The van der Waals surface area contributed by atoms with Crippen molar-refractivity contribution in [3.05, 3.63) is 89.7 Å². The molecule has 0 heterocycles. The molecule has 0 aromatic heterocycles. The first-order valence-electron chi connectivity index (χ1n) is 9.61. The maximum atomic E-state index is 13.3. The molecule has 0 spiro atoms. The third kappa shape index (κ3) is 6.13. The third-order valence-electron chi connectivity index (χ3n) is 4.61. The molecule has 1 unspecified atom stereocenters. The summed E-state index contributed by atoms with van der Waals surface area (Å²) in [6.07, 6.45) is 0. The molecule has 1 atom stereocenters. The van der Waals surface area contributed by atoms with Gasteiger partial charge < -0.3 is 10.1 Å². The average molecular weight is 443 g/mol. The Labute approximate surface area is 181 Å². The Balaban J connectivity index is 1.58. The minimum atomic E-state index is -3.73. The molecule has 31 heavy (non-hydrogen) atoms. The summed E-state index contributed by atoms with van der Waals surface area (Å²) in [5, 5.41) is 2.58.